The minimum atomic E-state index is -0.761. The van der Waals surface area contributed by atoms with Crippen molar-refractivity contribution in [3.8, 4) is 0 Å². The van der Waals surface area contributed by atoms with Crippen LogP contribution < -0.4 is 5.32 Å². The number of benzene rings is 1. The molecule has 1 aromatic carbocycles. The summed E-state index contributed by atoms with van der Waals surface area (Å²) in [7, 11) is 0. The predicted octanol–water partition coefficient (Wildman–Crippen LogP) is 3.23. The number of carboxylic acid groups (broad SMARTS) is 1. The highest BCUT2D eigenvalue weighted by Gasteiger charge is 2.05. The fraction of sp³-hybridized carbons (Fsp3) is 0.467. The molecule has 110 valence electrons. The largest absolute Gasteiger partial charge is 0.481 e. The molecule has 4 nitrogen and oxygen atoms in total. The number of rotatable bonds is 8. The van der Waals surface area contributed by atoms with E-state index >= 15 is 0 Å². The maximum atomic E-state index is 11.8. The van der Waals surface area contributed by atoms with E-state index in [2.05, 4.69) is 5.32 Å². The second-order valence-electron chi connectivity index (χ2n) is 4.77. The standard InChI is InChI=1S/C15H21NO3S/c1-11-6-7-12(2)13(9-11)16-14(17)10-20-8-4-3-5-15(18)19/h6-7,9H,3-5,8,10H2,1-2H3,(H,16,17)(H,18,19). The summed E-state index contributed by atoms with van der Waals surface area (Å²) < 4.78 is 0. The highest BCUT2D eigenvalue weighted by molar-refractivity contribution is 7.99. The molecule has 5 heteroatoms. The fourth-order valence-corrected chi connectivity index (χ4v) is 2.51. The first kappa shape index (κ1) is 16.6. The van der Waals surface area contributed by atoms with Crippen LogP contribution in [0.5, 0.6) is 0 Å². The molecule has 1 aromatic rings. The van der Waals surface area contributed by atoms with E-state index in [-0.39, 0.29) is 12.3 Å². The van der Waals surface area contributed by atoms with Crippen LogP contribution in [-0.2, 0) is 9.59 Å². The number of amides is 1. The first-order valence-corrected chi connectivity index (χ1v) is 7.81. The molecule has 2 N–H and O–H groups in total. The number of carboxylic acids is 1. The number of hydrogen-bond acceptors (Lipinski definition) is 3. The smallest absolute Gasteiger partial charge is 0.303 e. The number of hydrogen-bond donors (Lipinski definition) is 2. The number of aliphatic carboxylic acids is 1. The molecule has 0 aliphatic carbocycles. The Bertz CT molecular complexity index is 474. The lowest BCUT2D eigenvalue weighted by Gasteiger charge is -2.09. The van der Waals surface area contributed by atoms with Crippen molar-refractivity contribution in [2.75, 3.05) is 16.8 Å². The molecular weight excluding hydrogens is 274 g/mol. The third-order valence-corrected chi connectivity index (χ3v) is 3.87. The molecule has 1 amide bonds. The second kappa shape index (κ2) is 8.64. The number of thioether (sulfide) groups is 1. The Kier molecular flexibility index (Phi) is 7.15. The summed E-state index contributed by atoms with van der Waals surface area (Å²) in [5.74, 6) is 0.443. The Balaban J connectivity index is 2.23. The van der Waals surface area contributed by atoms with Gasteiger partial charge in [0.2, 0.25) is 5.91 Å². The minimum Gasteiger partial charge on any atom is -0.481 e. The highest BCUT2D eigenvalue weighted by atomic mass is 32.2. The van der Waals surface area contributed by atoms with Crippen molar-refractivity contribution in [2.45, 2.75) is 33.1 Å². The van der Waals surface area contributed by atoms with Gasteiger partial charge in [0.25, 0.3) is 0 Å². The van der Waals surface area contributed by atoms with Crippen LogP contribution in [-0.4, -0.2) is 28.5 Å². The Labute approximate surface area is 124 Å². The average molecular weight is 295 g/mol. The van der Waals surface area contributed by atoms with Crippen LogP contribution in [0.25, 0.3) is 0 Å². The topological polar surface area (TPSA) is 66.4 Å². The van der Waals surface area contributed by atoms with E-state index in [0.29, 0.717) is 12.2 Å². The van der Waals surface area contributed by atoms with Crippen molar-refractivity contribution < 1.29 is 14.7 Å². The number of aryl methyl sites for hydroxylation is 2. The Morgan fingerprint density at radius 2 is 2.00 bits per heavy atom. The zero-order chi connectivity index (χ0) is 15.0. The number of unbranched alkanes of at least 4 members (excludes halogenated alkanes) is 1. The molecular formula is C15H21NO3S. The molecule has 0 fully saturated rings. The van der Waals surface area contributed by atoms with Gasteiger partial charge in [-0.15, -0.1) is 0 Å². The van der Waals surface area contributed by atoms with Gasteiger partial charge in [0, 0.05) is 12.1 Å². The van der Waals surface area contributed by atoms with Crippen LogP contribution >= 0.6 is 11.8 Å². The molecule has 0 aromatic heterocycles. The summed E-state index contributed by atoms with van der Waals surface area (Å²) in [5, 5.41) is 11.4. The van der Waals surface area contributed by atoms with E-state index in [1.807, 2.05) is 32.0 Å². The van der Waals surface area contributed by atoms with Gasteiger partial charge >= 0.3 is 5.97 Å². The predicted molar refractivity (Wildman–Crippen MR) is 83.4 cm³/mol. The number of carbonyl (C=O) groups excluding carboxylic acids is 1. The molecule has 0 radical (unpaired) electrons. The summed E-state index contributed by atoms with van der Waals surface area (Å²) in [6.45, 7) is 3.96. The molecule has 20 heavy (non-hydrogen) atoms. The SMILES string of the molecule is Cc1ccc(C)c(NC(=O)CSCCCCC(=O)O)c1. The summed E-state index contributed by atoms with van der Waals surface area (Å²) in [6.07, 6.45) is 1.70. The van der Waals surface area contributed by atoms with Crippen LogP contribution in [0.4, 0.5) is 5.69 Å². The first-order valence-electron chi connectivity index (χ1n) is 6.65. The molecule has 0 bridgehead atoms. The Hall–Kier alpha value is -1.49. The molecule has 0 spiro atoms. The van der Waals surface area contributed by atoms with Gasteiger partial charge in [0.1, 0.15) is 0 Å². The monoisotopic (exact) mass is 295 g/mol. The van der Waals surface area contributed by atoms with Gasteiger partial charge in [-0.2, -0.15) is 11.8 Å². The number of nitrogens with one attached hydrogen (secondary N) is 1. The Morgan fingerprint density at radius 3 is 2.70 bits per heavy atom. The molecule has 0 atom stereocenters. The second-order valence-corrected chi connectivity index (χ2v) is 5.88. The van der Waals surface area contributed by atoms with Crippen LogP contribution in [0.1, 0.15) is 30.4 Å². The number of anilines is 1. The van der Waals surface area contributed by atoms with E-state index in [4.69, 9.17) is 5.11 Å². The van der Waals surface area contributed by atoms with Crippen LogP contribution in [0, 0.1) is 13.8 Å². The van der Waals surface area contributed by atoms with E-state index in [0.717, 1.165) is 29.0 Å². The third-order valence-electron chi connectivity index (χ3n) is 2.83. The van der Waals surface area contributed by atoms with Crippen LogP contribution in [0.2, 0.25) is 0 Å². The van der Waals surface area contributed by atoms with Crippen molar-refractivity contribution in [2.24, 2.45) is 0 Å². The summed E-state index contributed by atoms with van der Waals surface area (Å²) in [5.41, 5.74) is 3.03. The molecule has 0 aliphatic rings. The van der Waals surface area contributed by atoms with Gasteiger partial charge < -0.3 is 10.4 Å². The van der Waals surface area contributed by atoms with Gasteiger partial charge in [-0.1, -0.05) is 12.1 Å². The van der Waals surface area contributed by atoms with Gasteiger partial charge in [-0.05, 0) is 49.6 Å². The van der Waals surface area contributed by atoms with E-state index in [1.54, 1.807) is 0 Å². The summed E-state index contributed by atoms with van der Waals surface area (Å²) >= 11 is 1.54. The molecule has 0 unspecified atom stereocenters. The fourth-order valence-electron chi connectivity index (χ4n) is 1.70. The van der Waals surface area contributed by atoms with Crippen molar-refractivity contribution in [1.82, 2.24) is 0 Å². The zero-order valence-corrected chi connectivity index (χ0v) is 12.8. The van der Waals surface area contributed by atoms with Crippen LogP contribution in [0.3, 0.4) is 0 Å². The molecule has 0 aliphatic heterocycles. The van der Waals surface area contributed by atoms with Gasteiger partial charge in [-0.25, -0.2) is 0 Å². The van der Waals surface area contributed by atoms with E-state index in [1.165, 1.54) is 11.8 Å². The Morgan fingerprint density at radius 1 is 1.25 bits per heavy atom. The number of carbonyl (C=O) groups is 2. The lowest BCUT2D eigenvalue weighted by atomic mass is 10.1. The normalized spacial score (nSPS) is 10.3. The first-order chi connectivity index (χ1) is 9.49. The third kappa shape index (κ3) is 6.61. The van der Waals surface area contributed by atoms with Crippen molar-refractivity contribution in [3.05, 3.63) is 29.3 Å². The highest BCUT2D eigenvalue weighted by Crippen LogP contribution is 2.17. The van der Waals surface area contributed by atoms with E-state index < -0.39 is 5.97 Å². The molecule has 0 saturated carbocycles. The maximum absolute atomic E-state index is 11.8. The lowest BCUT2D eigenvalue weighted by Crippen LogP contribution is -2.15. The van der Waals surface area contributed by atoms with Crippen molar-refractivity contribution in [3.63, 3.8) is 0 Å². The summed E-state index contributed by atoms with van der Waals surface area (Å²) in [6, 6.07) is 5.97. The lowest BCUT2D eigenvalue weighted by molar-refractivity contribution is -0.137. The zero-order valence-electron chi connectivity index (χ0n) is 11.9. The van der Waals surface area contributed by atoms with Crippen molar-refractivity contribution in [1.29, 1.82) is 0 Å². The summed E-state index contributed by atoms with van der Waals surface area (Å²) in [4.78, 5) is 22.1. The quantitative estimate of drug-likeness (QED) is 0.723. The van der Waals surface area contributed by atoms with E-state index in [9.17, 15) is 9.59 Å². The van der Waals surface area contributed by atoms with Gasteiger partial charge in [0.15, 0.2) is 0 Å². The molecule has 1 rings (SSSR count). The molecule has 0 heterocycles. The van der Waals surface area contributed by atoms with Crippen LogP contribution in [0.15, 0.2) is 18.2 Å². The van der Waals surface area contributed by atoms with Gasteiger partial charge in [0.05, 0.1) is 5.75 Å². The van der Waals surface area contributed by atoms with Gasteiger partial charge in [-0.3, -0.25) is 9.59 Å². The average Bonchev–Trinajstić information content (AvgIpc) is 2.37. The minimum absolute atomic E-state index is 0.0121. The maximum Gasteiger partial charge on any atom is 0.303 e. The van der Waals surface area contributed by atoms with Crippen molar-refractivity contribution >= 4 is 29.3 Å². The molecule has 0 saturated heterocycles.